The second kappa shape index (κ2) is 6.79. The molecule has 1 saturated carbocycles. The van der Waals surface area contributed by atoms with Gasteiger partial charge in [-0.15, -0.1) is 0 Å². The van der Waals surface area contributed by atoms with Gasteiger partial charge in [0.1, 0.15) is 0 Å². The molecular weight excluding hydrogens is 244 g/mol. The molecule has 0 amide bonds. The van der Waals surface area contributed by atoms with Crippen molar-refractivity contribution in [3.8, 4) is 0 Å². The van der Waals surface area contributed by atoms with Crippen LogP contribution >= 0.6 is 0 Å². The number of nitrogens with zero attached hydrogens (tertiary/aromatic N) is 1. The second-order valence-corrected chi connectivity index (χ2v) is 7.97. The lowest BCUT2D eigenvalue weighted by Gasteiger charge is -2.54. The molecule has 2 atom stereocenters. The maximum atomic E-state index is 6.35. The fraction of sp³-hybridized carbons (Fsp3) is 1.00. The summed E-state index contributed by atoms with van der Waals surface area (Å²) in [5, 5.41) is 0. The fourth-order valence-corrected chi connectivity index (χ4v) is 4.99. The first kappa shape index (κ1) is 16.3. The summed E-state index contributed by atoms with van der Waals surface area (Å²) < 4.78 is 0. The maximum absolute atomic E-state index is 6.35. The monoisotopic (exact) mass is 280 g/mol. The Morgan fingerprint density at radius 1 is 1.00 bits per heavy atom. The third kappa shape index (κ3) is 3.06. The van der Waals surface area contributed by atoms with Crippen LogP contribution in [0.2, 0.25) is 0 Å². The molecule has 0 aromatic rings. The molecule has 118 valence electrons. The topological polar surface area (TPSA) is 29.3 Å². The fourth-order valence-electron chi connectivity index (χ4n) is 4.99. The average Bonchev–Trinajstić information content (AvgIpc) is 2.47. The Balaban J connectivity index is 2.10. The van der Waals surface area contributed by atoms with Gasteiger partial charge < -0.3 is 5.73 Å². The van der Waals surface area contributed by atoms with Crippen molar-refractivity contribution in [2.75, 3.05) is 19.6 Å². The standard InChI is InChI=1S/C18H36N2/c1-14(2)16-8-11-20(12-9-16)18(13-19)10-6-5-7-17(18)15(3)4/h14-17H,5-13,19H2,1-4H3. The summed E-state index contributed by atoms with van der Waals surface area (Å²) in [4.78, 5) is 2.80. The van der Waals surface area contributed by atoms with E-state index in [-0.39, 0.29) is 0 Å². The zero-order valence-corrected chi connectivity index (χ0v) is 14.2. The Kier molecular flexibility index (Phi) is 5.53. The second-order valence-electron chi connectivity index (χ2n) is 7.97. The van der Waals surface area contributed by atoms with E-state index in [1.165, 1.54) is 51.6 Å². The molecule has 2 rings (SSSR count). The van der Waals surface area contributed by atoms with Gasteiger partial charge in [0, 0.05) is 12.1 Å². The molecule has 2 aliphatic rings. The largest absolute Gasteiger partial charge is 0.329 e. The van der Waals surface area contributed by atoms with E-state index in [1.54, 1.807) is 0 Å². The van der Waals surface area contributed by atoms with Crippen LogP contribution in [-0.4, -0.2) is 30.1 Å². The molecule has 1 aliphatic heterocycles. The third-order valence-electron chi connectivity index (χ3n) is 6.34. The van der Waals surface area contributed by atoms with Crippen LogP contribution in [0.3, 0.4) is 0 Å². The lowest BCUT2D eigenvalue weighted by molar-refractivity contribution is -0.0359. The van der Waals surface area contributed by atoms with Gasteiger partial charge in [-0.25, -0.2) is 0 Å². The van der Waals surface area contributed by atoms with E-state index in [4.69, 9.17) is 5.73 Å². The molecule has 20 heavy (non-hydrogen) atoms. The summed E-state index contributed by atoms with van der Waals surface area (Å²) in [6.45, 7) is 13.0. The molecule has 0 spiro atoms. The first-order valence-corrected chi connectivity index (χ1v) is 8.96. The maximum Gasteiger partial charge on any atom is 0.0362 e. The average molecular weight is 280 g/mol. The summed E-state index contributed by atoms with van der Waals surface area (Å²) in [7, 11) is 0. The van der Waals surface area contributed by atoms with Gasteiger partial charge in [-0.05, 0) is 62.4 Å². The first-order valence-electron chi connectivity index (χ1n) is 8.96. The summed E-state index contributed by atoms with van der Waals surface area (Å²) in [5.41, 5.74) is 6.66. The number of hydrogen-bond donors (Lipinski definition) is 1. The van der Waals surface area contributed by atoms with E-state index >= 15 is 0 Å². The summed E-state index contributed by atoms with van der Waals surface area (Å²) >= 11 is 0. The van der Waals surface area contributed by atoms with Crippen LogP contribution in [0.15, 0.2) is 0 Å². The molecule has 1 heterocycles. The highest BCUT2D eigenvalue weighted by Crippen LogP contribution is 2.43. The molecule has 0 aromatic heterocycles. The normalized spacial score (nSPS) is 34.0. The van der Waals surface area contributed by atoms with Crippen molar-refractivity contribution >= 4 is 0 Å². The Morgan fingerprint density at radius 2 is 1.65 bits per heavy atom. The van der Waals surface area contributed by atoms with Crippen molar-refractivity contribution in [3.05, 3.63) is 0 Å². The van der Waals surface area contributed by atoms with E-state index < -0.39 is 0 Å². The van der Waals surface area contributed by atoms with Crippen LogP contribution in [0.5, 0.6) is 0 Å². The highest BCUT2D eigenvalue weighted by molar-refractivity contribution is 5.02. The van der Waals surface area contributed by atoms with Crippen molar-refractivity contribution in [1.29, 1.82) is 0 Å². The molecule has 2 fully saturated rings. The molecule has 0 radical (unpaired) electrons. The van der Waals surface area contributed by atoms with Gasteiger partial charge in [-0.1, -0.05) is 40.5 Å². The van der Waals surface area contributed by atoms with Crippen LogP contribution in [0.4, 0.5) is 0 Å². The van der Waals surface area contributed by atoms with Crippen molar-refractivity contribution in [2.24, 2.45) is 29.4 Å². The van der Waals surface area contributed by atoms with Crippen LogP contribution in [0.1, 0.15) is 66.2 Å². The van der Waals surface area contributed by atoms with Crippen LogP contribution in [0, 0.1) is 23.7 Å². The summed E-state index contributed by atoms with van der Waals surface area (Å²) in [5.74, 6) is 3.35. The lowest BCUT2D eigenvalue weighted by atomic mass is 9.66. The highest BCUT2D eigenvalue weighted by Gasteiger charge is 2.46. The van der Waals surface area contributed by atoms with Gasteiger partial charge >= 0.3 is 0 Å². The highest BCUT2D eigenvalue weighted by atomic mass is 15.2. The van der Waals surface area contributed by atoms with Gasteiger partial charge in [0.2, 0.25) is 0 Å². The van der Waals surface area contributed by atoms with E-state index in [0.717, 1.165) is 30.2 Å². The molecule has 1 saturated heterocycles. The molecule has 2 nitrogen and oxygen atoms in total. The Bertz CT molecular complexity index is 292. The minimum Gasteiger partial charge on any atom is -0.329 e. The number of hydrogen-bond acceptors (Lipinski definition) is 2. The van der Waals surface area contributed by atoms with Crippen molar-refractivity contribution in [2.45, 2.75) is 71.8 Å². The molecule has 0 aromatic carbocycles. The van der Waals surface area contributed by atoms with Gasteiger partial charge in [0.25, 0.3) is 0 Å². The number of likely N-dealkylation sites (tertiary alicyclic amines) is 1. The first-order chi connectivity index (χ1) is 9.51. The molecular formula is C18H36N2. The van der Waals surface area contributed by atoms with Crippen LogP contribution < -0.4 is 5.73 Å². The third-order valence-corrected chi connectivity index (χ3v) is 6.34. The molecule has 0 bridgehead atoms. The van der Waals surface area contributed by atoms with Crippen molar-refractivity contribution < 1.29 is 0 Å². The van der Waals surface area contributed by atoms with Crippen molar-refractivity contribution in [1.82, 2.24) is 4.90 Å². The van der Waals surface area contributed by atoms with Gasteiger partial charge in [-0.3, -0.25) is 4.90 Å². The molecule has 2 N–H and O–H groups in total. The van der Waals surface area contributed by atoms with Gasteiger partial charge in [0.15, 0.2) is 0 Å². The van der Waals surface area contributed by atoms with E-state index in [1.807, 2.05) is 0 Å². The number of piperidine rings is 1. The smallest absolute Gasteiger partial charge is 0.0362 e. The van der Waals surface area contributed by atoms with Gasteiger partial charge in [0.05, 0.1) is 0 Å². The summed E-state index contributed by atoms with van der Waals surface area (Å²) in [6.07, 6.45) is 8.27. The minimum absolute atomic E-state index is 0.314. The number of rotatable bonds is 4. The lowest BCUT2D eigenvalue weighted by Crippen LogP contribution is -2.62. The summed E-state index contributed by atoms with van der Waals surface area (Å²) in [6, 6.07) is 0. The quantitative estimate of drug-likeness (QED) is 0.846. The van der Waals surface area contributed by atoms with Crippen LogP contribution in [0.25, 0.3) is 0 Å². The Hall–Kier alpha value is -0.0800. The predicted octanol–water partition coefficient (Wildman–Crippen LogP) is 3.90. The zero-order valence-electron chi connectivity index (χ0n) is 14.2. The Labute approximate surface area is 126 Å². The predicted molar refractivity (Wildman–Crippen MR) is 87.7 cm³/mol. The minimum atomic E-state index is 0.314. The van der Waals surface area contributed by atoms with Crippen LogP contribution in [-0.2, 0) is 0 Å². The number of nitrogens with two attached hydrogens (primary N) is 1. The van der Waals surface area contributed by atoms with E-state index in [9.17, 15) is 0 Å². The molecule has 2 heteroatoms. The zero-order chi connectivity index (χ0) is 14.8. The van der Waals surface area contributed by atoms with E-state index in [0.29, 0.717) is 5.54 Å². The molecule has 1 aliphatic carbocycles. The molecule has 2 unspecified atom stereocenters. The van der Waals surface area contributed by atoms with Crippen molar-refractivity contribution in [3.63, 3.8) is 0 Å². The van der Waals surface area contributed by atoms with E-state index in [2.05, 4.69) is 32.6 Å². The SMILES string of the molecule is CC(C)C1CCN(C2(CN)CCCCC2C(C)C)CC1. The Morgan fingerprint density at radius 3 is 2.15 bits per heavy atom. The van der Waals surface area contributed by atoms with Gasteiger partial charge in [-0.2, -0.15) is 0 Å².